The lowest BCUT2D eigenvalue weighted by atomic mass is 10.2. The van der Waals surface area contributed by atoms with Crippen molar-refractivity contribution in [2.24, 2.45) is 0 Å². The second kappa shape index (κ2) is 9.11. The highest BCUT2D eigenvalue weighted by Crippen LogP contribution is 2.28. The summed E-state index contributed by atoms with van der Waals surface area (Å²) >= 11 is 7.51. The molecule has 0 unspecified atom stereocenters. The van der Waals surface area contributed by atoms with E-state index < -0.39 is 0 Å². The molecule has 0 aliphatic carbocycles. The van der Waals surface area contributed by atoms with E-state index in [0.29, 0.717) is 16.0 Å². The SMILES string of the molecule is Cc1ccc(NC(=O)CSc2nnc(-c3cccnc3)n2-c2cccc(Cl)c2)cc1. The average molecular weight is 436 g/mol. The van der Waals surface area contributed by atoms with Crippen molar-refractivity contribution >= 4 is 35.0 Å². The number of amides is 1. The molecular weight excluding hydrogens is 418 g/mol. The first kappa shape index (κ1) is 20.1. The Morgan fingerprint density at radius 2 is 1.93 bits per heavy atom. The van der Waals surface area contributed by atoms with Crippen LogP contribution in [0, 0.1) is 6.92 Å². The normalized spacial score (nSPS) is 10.7. The lowest BCUT2D eigenvalue weighted by molar-refractivity contribution is -0.113. The highest BCUT2D eigenvalue weighted by atomic mass is 35.5. The number of aromatic nitrogens is 4. The largest absolute Gasteiger partial charge is 0.325 e. The van der Waals surface area contributed by atoms with Gasteiger partial charge in [0.15, 0.2) is 11.0 Å². The molecule has 0 aliphatic heterocycles. The van der Waals surface area contributed by atoms with E-state index in [1.165, 1.54) is 11.8 Å². The number of rotatable bonds is 6. The number of pyridine rings is 1. The fraction of sp³-hybridized carbons (Fsp3) is 0.0909. The number of nitrogens with one attached hydrogen (secondary N) is 1. The van der Waals surface area contributed by atoms with E-state index in [-0.39, 0.29) is 11.7 Å². The Labute approximate surface area is 183 Å². The van der Waals surface area contributed by atoms with Crippen molar-refractivity contribution in [1.82, 2.24) is 19.7 Å². The molecule has 2 aromatic carbocycles. The number of carbonyl (C=O) groups is 1. The maximum absolute atomic E-state index is 12.4. The van der Waals surface area contributed by atoms with Crippen LogP contribution in [0.4, 0.5) is 5.69 Å². The Morgan fingerprint density at radius 1 is 1.10 bits per heavy atom. The number of benzene rings is 2. The molecule has 2 heterocycles. The van der Waals surface area contributed by atoms with Crippen LogP contribution in [-0.4, -0.2) is 31.4 Å². The number of hydrogen-bond donors (Lipinski definition) is 1. The van der Waals surface area contributed by atoms with Gasteiger partial charge in [-0.2, -0.15) is 0 Å². The molecule has 6 nitrogen and oxygen atoms in total. The number of anilines is 1. The van der Waals surface area contributed by atoms with Gasteiger partial charge in [0.25, 0.3) is 0 Å². The van der Waals surface area contributed by atoms with Crippen molar-refractivity contribution in [2.45, 2.75) is 12.1 Å². The van der Waals surface area contributed by atoms with Crippen LogP contribution in [0.5, 0.6) is 0 Å². The molecule has 0 atom stereocenters. The molecule has 8 heteroatoms. The summed E-state index contributed by atoms with van der Waals surface area (Å²) in [6.07, 6.45) is 3.43. The van der Waals surface area contributed by atoms with Crippen LogP contribution in [-0.2, 0) is 4.79 Å². The van der Waals surface area contributed by atoms with Gasteiger partial charge in [0, 0.05) is 28.7 Å². The van der Waals surface area contributed by atoms with Crippen molar-refractivity contribution in [3.05, 3.63) is 83.6 Å². The first-order valence-corrected chi connectivity index (χ1v) is 10.6. The third-order valence-electron chi connectivity index (χ3n) is 4.29. The highest BCUT2D eigenvalue weighted by molar-refractivity contribution is 7.99. The van der Waals surface area contributed by atoms with Crippen LogP contribution in [0.15, 0.2) is 78.2 Å². The maximum atomic E-state index is 12.4. The van der Waals surface area contributed by atoms with Gasteiger partial charge in [-0.05, 0) is 49.4 Å². The Balaban J connectivity index is 1.59. The Kier molecular flexibility index (Phi) is 6.11. The van der Waals surface area contributed by atoms with Gasteiger partial charge in [0.05, 0.1) is 11.4 Å². The molecule has 2 aromatic heterocycles. The molecule has 4 aromatic rings. The lowest BCUT2D eigenvalue weighted by Crippen LogP contribution is -2.14. The lowest BCUT2D eigenvalue weighted by Gasteiger charge is -2.11. The summed E-state index contributed by atoms with van der Waals surface area (Å²) in [5, 5.41) is 12.7. The third-order valence-corrected chi connectivity index (χ3v) is 5.45. The summed E-state index contributed by atoms with van der Waals surface area (Å²) in [4.78, 5) is 16.6. The minimum Gasteiger partial charge on any atom is -0.325 e. The third kappa shape index (κ3) is 4.69. The predicted octanol–water partition coefficient (Wildman–Crippen LogP) is 5.02. The second-order valence-corrected chi connectivity index (χ2v) is 7.94. The van der Waals surface area contributed by atoms with E-state index in [4.69, 9.17) is 11.6 Å². The van der Waals surface area contributed by atoms with Crippen LogP contribution in [0.25, 0.3) is 17.1 Å². The number of carbonyl (C=O) groups excluding carboxylic acids is 1. The highest BCUT2D eigenvalue weighted by Gasteiger charge is 2.17. The van der Waals surface area contributed by atoms with Crippen LogP contribution >= 0.6 is 23.4 Å². The Bertz CT molecular complexity index is 1160. The summed E-state index contributed by atoms with van der Waals surface area (Å²) < 4.78 is 1.88. The van der Waals surface area contributed by atoms with E-state index in [9.17, 15) is 4.79 Å². The molecule has 150 valence electrons. The molecule has 4 rings (SSSR count). The predicted molar refractivity (Wildman–Crippen MR) is 120 cm³/mol. The average Bonchev–Trinajstić information content (AvgIpc) is 3.19. The Morgan fingerprint density at radius 3 is 2.67 bits per heavy atom. The molecule has 0 radical (unpaired) electrons. The number of thioether (sulfide) groups is 1. The molecule has 0 aliphatic rings. The zero-order valence-corrected chi connectivity index (χ0v) is 17.7. The van der Waals surface area contributed by atoms with E-state index >= 15 is 0 Å². The smallest absolute Gasteiger partial charge is 0.234 e. The van der Waals surface area contributed by atoms with Crippen molar-refractivity contribution in [2.75, 3.05) is 11.1 Å². The van der Waals surface area contributed by atoms with Gasteiger partial charge < -0.3 is 5.32 Å². The fourth-order valence-corrected chi connectivity index (χ4v) is 3.79. The van der Waals surface area contributed by atoms with Crippen LogP contribution in [0.1, 0.15) is 5.56 Å². The summed E-state index contributed by atoms with van der Waals surface area (Å²) in [7, 11) is 0. The standard InChI is InChI=1S/C22H18ClN5OS/c1-15-7-9-18(10-8-15)25-20(29)14-30-22-27-26-21(16-4-3-11-24-13-16)28(22)19-6-2-5-17(23)12-19/h2-13H,14H2,1H3,(H,25,29). The molecule has 0 spiro atoms. The van der Waals surface area contributed by atoms with Crippen molar-refractivity contribution in [3.8, 4) is 17.1 Å². The van der Waals surface area contributed by atoms with E-state index in [2.05, 4.69) is 20.5 Å². The number of halogens is 1. The molecule has 1 N–H and O–H groups in total. The molecule has 30 heavy (non-hydrogen) atoms. The molecule has 0 bridgehead atoms. The first-order valence-electron chi connectivity index (χ1n) is 9.21. The van der Waals surface area contributed by atoms with E-state index in [1.54, 1.807) is 18.5 Å². The minimum atomic E-state index is -0.118. The molecule has 0 fully saturated rings. The first-order chi connectivity index (χ1) is 14.6. The van der Waals surface area contributed by atoms with Crippen LogP contribution in [0.3, 0.4) is 0 Å². The molecule has 0 saturated heterocycles. The number of nitrogens with zero attached hydrogens (tertiary/aromatic N) is 4. The number of hydrogen-bond acceptors (Lipinski definition) is 5. The van der Waals surface area contributed by atoms with Gasteiger partial charge in [-0.25, -0.2) is 0 Å². The van der Waals surface area contributed by atoms with Crippen LogP contribution < -0.4 is 5.32 Å². The van der Waals surface area contributed by atoms with Crippen molar-refractivity contribution in [1.29, 1.82) is 0 Å². The van der Waals surface area contributed by atoms with Crippen molar-refractivity contribution < 1.29 is 4.79 Å². The zero-order valence-electron chi connectivity index (χ0n) is 16.1. The van der Waals surface area contributed by atoms with Gasteiger partial charge in [-0.15, -0.1) is 10.2 Å². The second-order valence-electron chi connectivity index (χ2n) is 6.57. The molecular formula is C22H18ClN5OS. The van der Waals surface area contributed by atoms with Gasteiger partial charge in [-0.1, -0.05) is 47.1 Å². The molecule has 1 amide bonds. The van der Waals surface area contributed by atoms with Crippen LogP contribution in [0.2, 0.25) is 5.02 Å². The summed E-state index contributed by atoms with van der Waals surface area (Å²) in [5.41, 5.74) is 3.53. The monoisotopic (exact) mass is 435 g/mol. The zero-order chi connectivity index (χ0) is 20.9. The minimum absolute atomic E-state index is 0.118. The van der Waals surface area contributed by atoms with Gasteiger partial charge in [0.1, 0.15) is 0 Å². The summed E-state index contributed by atoms with van der Waals surface area (Å²) in [6.45, 7) is 2.00. The molecule has 0 saturated carbocycles. The summed E-state index contributed by atoms with van der Waals surface area (Å²) in [6, 6.07) is 18.9. The Hall–Kier alpha value is -3.16. The van der Waals surface area contributed by atoms with E-state index in [0.717, 1.165) is 22.5 Å². The van der Waals surface area contributed by atoms with Gasteiger partial charge in [-0.3, -0.25) is 14.3 Å². The van der Waals surface area contributed by atoms with Gasteiger partial charge in [0.2, 0.25) is 5.91 Å². The van der Waals surface area contributed by atoms with Crippen molar-refractivity contribution in [3.63, 3.8) is 0 Å². The van der Waals surface area contributed by atoms with E-state index in [1.807, 2.05) is 66.1 Å². The van der Waals surface area contributed by atoms with Gasteiger partial charge >= 0.3 is 0 Å². The summed E-state index contributed by atoms with van der Waals surface area (Å²) in [5.74, 6) is 0.707. The maximum Gasteiger partial charge on any atom is 0.234 e. The quantitative estimate of drug-likeness (QED) is 0.430. The topological polar surface area (TPSA) is 72.7 Å². The number of aryl methyl sites for hydroxylation is 1. The fourth-order valence-electron chi connectivity index (χ4n) is 2.86.